The molecule has 1 N–H and O–H groups in total. The highest BCUT2D eigenvalue weighted by molar-refractivity contribution is 8.04. The number of aliphatic carboxylic acids is 1. The number of nitrogens with zero attached hydrogens (tertiary/aromatic N) is 1. The summed E-state index contributed by atoms with van der Waals surface area (Å²) < 4.78 is 0. The lowest BCUT2D eigenvalue weighted by Gasteiger charge is -2.45. The summed E-state index contributed by atoms with van der Waals surface area (Å²) in [6.07, 6.45) is 8.84. The van der Waals surface area contributed by atoms with Crippen LogP contribution in [-0.4, -0.2) is 57.0 Å². The molecule has 1 aliphatic carbocycles. The first kappa shape index (κ1) is 19.1. The summed E-state index contributed by atoms with van der Waals surface area (Å²) in [7, 11) is 0.371. The maximum Gasteiger partial charge on any atom is 0.235 e. The third-order valence-corrected chi connectivity index (χ3v) is 9.52. The van der Waals surface area contributed by atoms with Gasteiger partial charge in [-0.15, -0.1) is 11.8 Å². The van der Waals surface area contributed by atoms with Gasteiger partial charge in [0, 0.05) is 17.1 Å². The maximum absolute atomic E-state index is 12.2. The highest BCUT2D eigenvalue weighted by Crippen LogP contribution is 2.46. The van der Waals surface area contributed by atoms with Crippen LogP contribution < -0.4 is 5.11 Å². The van der Waals surface area contributed by atoms with Gasteiger partial charge in [0.25, 0.3) is 0 Å². The van der Waals surface area contributed by atoms with Crippen LogP contribution in [0.25, 0.3) is 0 Å². The zero-order valence-electron chi connectivity index (χ0n) is 14.9. The molecule has 0 radical (unpaired) electrons. The Kier molecular flexibility index (Phi) is 6.06. The first-order valence-electron chi connectivity index (χ1n) is 9.11. The number of β-lactam (4-membered cyclic amide) rings is 1. The molecule has 25 heavy (non-hydrogen) atoms. The van der Waals surface area contributed by atoms with Gasteiger partial charge in [-0.25, -0.2) is 0 Å². The largest absolute Gasteiger partial charge is 0.543 e. The van der Waals surface area contributed by atoms with Crippen molar-refractivity contribution in [1.29, 1.82) is 0 Å². The lowest BCUT2D eigenvalue weighted by atomic mass is 9.83. The fourth-order valence-corrected chi connectivity index (χ4v) is 7.99. The Morgan fingerprint density at radius 2 is 2.08 bits per heavy atom. The van der Waals surface area contributed by atoms with Crippen LogP contribution in [0.15, 0.2) is 10.6 Å². The minimum atomic E-state index is -1.27. The summed E-state index contributed by atoms with van der Waals surface area (Å²) in [5.41, 5.74) is 0.0468. The molecule has 0 spiro atoms. The Bertz CT molecular complexity index is 571. The summed E-state index contributed by atoms with van der Waals surface area (Å²) in [6.45, 7) is 1.59. The second-order valence-electron chi connectivity index (χ2n) is 7.31. The predicted molar refractivity (Wildman–Crippen MR) is 99.9 cm³/mol. The molecule has 7 heteroatoms. The number of fused-ring (bicyclic) bond motifs is 1. The van der Waals surface area contributed by atoms with Gasteiger partial charge in [-0.3, -0.25) is 4.79 Å². The molecule has 2 aliphatic heterocycles. The minimum absolute atomic E-state index is 0.0468. The van der Waals surface area contributed by atoms with E-state index in [-0.39, 0.29) is 17.6 Å². The van der Waals surface area contributed by atoms with Crippen molar-refractivity contribution in [2.45, 2.75) is 62.8 Å². The van der Waals surface area contributed by atoms with E-state index >= 15 is 0 Å². The molecule has 1 amide bonds. The van der Waals surface area contributed by atoms with Gasteiger partial charge in [-0.05, 0) is 43.5 Å². The summed E-state index contributed by atoms with van der Waals surface area (Å²) in [5, 5.41) is 22.1. The SMILES string of the molecule is C[C@@H](O)C1C(=O)N2C(C(=O)[O-])=C(SCC[S+](C)C3CCCCC3)CC12. The summed E-state index contributed by atoms with van der Waals surface area (Å²) in [5.74, 6) is -0.0543. The Balaban J connectivity index is 1.58. The molecule has 4 atom stereocenters. The normalized spacial score (nSPS) is 29.4. The molecule has 1 saturated carbocycles. The smallest absolute Gasteiger partial charge is 0.235 e. The second kappa shape index (κ2) is 7.92. The van der Waals surface area contributed by atoms with Crippen LogP contribution in [-0.2, 0) is 20.5 Å². The molecule has 0 bridgehead atoms. The highest BCUT2D eigenvalue weighted by Gasteiger charge is 2.55. The molecular formula is C18H27NO4S2. The number of carbonyl (C=O) groups excluding carboxylic acids is 2. The highest BCUT2D eigenvalue weighted by atomic mass is 32.2. The van der Waals surface area contributed by atoms with Crippen LogP contribution in [0.1, 0.15) is 45.4 Å². The van der Waals surface area contributed by atoms with Gasteiger partial charge in [-0.1, -0.05) is 6.42 Å². The van der Waals surface area contributed by atoms with Crippen molar-refractivity contribution >= 4 is 34.5 Å². The molecular weight excluding hydrogens is 358 g/mol. The zero-order valence-corrected chi connectivity index (χ0v) is 16.5. The van der Waals surface area contributed by atoms with Crippen molar-refractivity contribution in [3.05, 3.63) is 10.6 Å². The van der Waals surface area contributed by atoms with Crippen LogP contribution >= 0.6 is 11.8 Å². The molecule has 1 saturated heterocycles. The molecule has 5 nitrogen and oxygen atoms in total. The summed E-state index contributed by atoms with van der Waals surface area (Å²) >= 11 is 1.57. The number of aliphatic hydroxyl groups excluding tert-OH is 1. The van der Waals surface area contributed by atoms with Crippen molar-refractivity contribution < 1.29 is 19.8 Å². The maximum atomic E-state index is 12.2. The number of thioether (sulfide) groups is 1. The molecule has 0 aromatic carbocycles. The van der Waals surface area contributed by atoms with Crippen molar-refractivity contribution in [2.75, 3.05) is 17.8 Å². The number of rotatable bonds is 7. The van der Waals surface area contributed by atoms with Gasteiger partial charge in [-0.2, -0.15) is 0 Å². The summed E-state index contributed by atoms with van der Waals surface area (Å²) in [6, 6.07) is -0.207. The third-order valence-electron chi connectivity index (χ3n) is 5.68. The number of amides is 1. The molecule has 140 valence electrons. The van der Waals surface area contributed by atoms with Crippen LogP contribution in [0.3, 0.4) is 0 Å². The second-order valence-corrected chi connectivity index (χ2v) is 11.0. The number of carbonyl (C=O) groups is 2. The third kappa shape index (κ3) is 3.74. The molecule has 2 heterocycles. The summed E-state index contributed by atoms with van der Waals surface area (Å²) in [4.78, 5) is 25.8. The average molecular weight is 386 g/mol. The number of hydrogen-bond acceptors (Lipinski definition) is 5. The van der Waals surface area contributed by atoms with Crippen molar-refractivity contribution in [3.8, 4) is 0 Å². The Morgan fingerprint density at radius 1 is 1.40 bits per heavy atom. The predicted octanol–water partition coefficient (Wildman–Crippen LogP) is 0.873. The van der Waals surface area contributed by atoms with Gasteiger partial charge >= 0.3 is 0 Å². The van der Waals surface area contributed by atoms with Crippen molar-refractivity contribution in [3.63, 3.8) is 0 Å². The minimum Gasteiger partial charge on any atom is -0.543 e. The number of hydrogen-bond donors (Lipinski definition) is 1. The molecule has 3 unspecified atom stereocenters. The average Bonchev–Trinajstić information content (AvgIpc) is 2.89. The Hall–Kier alpha value is -0.660. The van der Waals surface area contributed by atoms with Crippen LogP contribution in [0.5, 0.6) is 0 Å². The lowest BCUT2D eigenvalue weighted by Crippen LogP contribution is -2.62. The van der Waals surface area contributed by atoms with Gasteiger partial charge in [0.15, 0.2) is 0 Å². The van der Waals surface area contributed by atoms with E-state index in [4.69, 9.17) is 0 Å². The van der Waals surface area contributed by atoms with Crippen molar-refractivity contribution in [1.82, 2.24) is 4.90 Å². The van der Waals surface area contributed by atoms with E-state index in [1.165, 1.54) is 37.0 Å². The molecule has 0 aromatic rings. The van der Waals surface area contributed by atoms with E-state index in [1.807, 2.05) is 0 Å². The van der Waals surface area contributed by atoms with Gasteiger partial charge in [0.1, 0.15) is 11.0 Å². The lowest BCUT2D eigenvalue weighted by molar-refractivity contribution is -0.301. The molecule has 3 rings (SSSR count). The molecule has 2 fully saturated rings. The number of carboxylic acids is 1. The van der Waals surface area contributed by atoms with Gasteiger partial charge in [0.2, 0.25) is 5.91 Å². The van der Waals surface area contributed by atoms with E-state index in [1.54, 1.807) is 18.7 Å². The zero-order chi connectivity index (χ0) is 18.1. The molecule has 3 aliphatic rings. The monoisotopic (exact) mass is 385 g/mol. The quantitative estimate of drug-likeness (QED) is 0.520. The standard InChI is InChI=1S/C18H27NO4S2/c1-11(20)15-13-10-14(16(18(22)23)19(13)17(15)21)24-8-9-25(2)12-6-4-3-5-7-12/h11-13,15,20H,3-10H2,1-2H3/t11-,13?,15?,25?/m1/s1. The van der Waals surface area contributed by atoms with E-state index in [0.29, 0.717) is 17.3 Å². The number of aliphatic hydroxyl groups is 1. The van der Waals surface area contributed by atoms with E-state index in [0.717, 1.165) is 21.7 Å². The van der Waals surface area contributed by atoms with Crippen LogP contribution in [0.2, 0.25) is 0 Å². The fourth-order valence-electron chi connectivity index (χ4n) is 4.28. The van der Waals surface area contributed by atoms with Crippen LogP contribution in [0.4, 0.5) is 0 Å². The molecule has 0 aromatic heterocycles. The first-order valence-corrected chi connectivity index (χ1v) is 12.0. The Labute approximate surface area is 156 Å². The van der Waals surface area contributed by atoms with E-state index in [9.17, 15) is 19.8 Å². The van der Waals surface area contributed by atoms with E-state index < -0.39 is 18.0 Å². The topological polar surface area (TPSA) is 80.7 Å². The fraction of sp³-hybridized carbons (Fsp3) is 0.778. The van der Waals surface area contributed by atoms with Gasteiger partial charge < -0.3 is 19.9 Å². The van der Waals surface area contributed by atoms with Crippen molar-refractivity contribution in [2.24, 2.45) is 5.92 Å². The van der Waals surface area contributed by atoms with E-state index in [2.05, 4.69) is 6.26 Å². The van der Waals surface area contributed by atoms with Crippen LogP contribution in [0, 0.1) is 5.92 Å². The number of carboxylic acid groups (broad SMARTS) is 1. The first-order chi connectivity index (χ1) is 11.9. The van der Waals surface area contributed by atoms with Gasteiger partial charge in [0.05, 0.1) is 36.0 Å². The Morgan fingerprint density at radius 3 is 2.68 bits per heavy atom.